The lowest BCUT2D eigenvalue weighted by atomic mass is 10.1. The summed E-state index contributed by atoms with van der Waals surface area (Å²) in [5.74, 6) is -0.505. The Bertz CT molecular complexity index is 1950. The molecule has 0 aliphatic carbocycles. The van der Waals surface area contributed by atoms with Gasteiger partial charge in [0.1, 0.15) is 17.2 Å². The van der Waals surface area contributed by atoms with E-state index in [4.69, 9.17) is 20.4 Å². The molecular weight excluding hydrogens is 629 g/mol. The number of alkyl halides is 3. The average molecular weight is 661 g/mol. The zero-order chi connectivity index (χ0) is 33.6. The van der Waals surface area contributed by atoms with Gasteiger partial charge in [-0.3, -0.25) is 9.36 Å². The standard InChI is InChI=1S/C30H31F3N6O6S/c1-17-13-21-20(25(34)40)9-6-10-24(21)39(17)27-36-23-11-12-38(28(41)44-29(2,3)4)16-22(23)26(37-27)35-15-18-7-5-8-19(14-18)45-46(42,43)30(31,32)33/h5-10,13-14H,11-12,15-16H2,1-4H3,(H2,34,40)(H,35,36,37). The highest BCUT2D eigenvalue weighted by molar-refractivity contribution is 7.88. The number of carbonyl (C=O) groups excluding carboxylic acids is 2. The number of primary amides is 1. The third kappa shape index (κ3) is 6.71. The Morgan fingerprint density at radius 2 is 1.78 bits per heavy atom. The molecule has 0 unspecified atom stereocenters. The summed E-state index contributed by atoms with van der Waals surface area (Å²) in [4.78, 5) is 36.1. The zero-order valence-corrected chi connectivity index (χ0v) is 26.1. The van der Waals surface area contributed by atoms with Gasteiger partial charge < -0.3 is 24.9 Å². The smallest absolute Gasteiger partial charge is 0.444 e. The van der Waals surface area contributed by atoms with Crippen LogP contribution in [0.15, 0.2) is 48.5 Å². The van der Waals surface area contributed by atoms with Crippen LogP contribution >= 0.6 is 0 Å². The summed E-state index contributed by atoms with van der Waals surface area (Å²) in [6.07, 6.45) is -0.155. The fraction of sp³-hybridized carbons (Fsp3) is 0.333. The quantitative estimate of drug-likeness (QED) is 0.206. The molecule has 2 aromatic heterocycles. The number of nitrogens with two attached hydrogens (primary N) is 1. The van der Waals surface area contributed by atoms with Gasteiger partial charge in [-0.2, -0.15) is 26.6 Å². The number of nitrogens with one attached hydrogen (secondary N) is 1. The Morgan fingerprint density at radius 3 is 2.46 bits per heavy atom. The van der Waals surface area contributed by atoms with Gasteiger partial charge >= 0.3 is 21.7 Å². The van der Waals surface area contributed by atoms with Crippen molar-refractivity contribution in [3.05, 3.63) is 76.6 Å². The minimum Gasteiger partial charge on any atom is -0.444 e. The van der Waals surface area contributed by atoms with Gasteiger partial charge in [-0.15, -0.1) is 0 Å². The summed E-state index contributed by atoms with van der Waals surface area (Å²) in [5, 5.41) is 3.79. The maximum Gasteiger partial charge on any atom is 0.534 e. The summed E-state index contributed by atoms with van der Waals surface area (Å²) in [5.41, 5.74) is 2.61. The molecule has 3 heterocycles. The molecule has 0 saturated carbocycles. The summed E-state index contributed by atoms with van der Waals surface area (Å²) >= 11 is 0. The van der Waals surface area contributed by atoms with Crippen molar-refractivity contribution in [2.45, 2.75) is 58.3 Å². The maximum absolute atomic E-state index is 12.9. The first kappa shape index (κ1) is 32.5. The number of fused-ring (bicyclic) bond motifs is 2. The Kier molecular flexibility index (Phi) is 8.36. The van der Waals surface area contributed by atoms with Crippen molar-refractivity contribution in [1.82, 2.24) is 19.4 Å². The minimum absolute atomic E-state index is 0.00414. The molecule has 4 aromatic rings. The number of carbonyl (C=O) groups is 2. The third-order valence-electron chi connectivity index (χ3n) is 7.04. The second-order valence-electron chi connectivity index (χ2n) is 11.7. The molecule has 1 aliphatic heterocycles. The lowest BCUT2D eigenvalue weighted by Gasteiger charge is -2.31. The highest BCUT2D eigenvalue weighted by Crippen LogP contribution is 2.31. The molecule has 0 radical (unpaired) electrons. The van der Waals surface area contributed by atoms with E-state index in [0.29, 0.717) is 52.1 Å². The number of nitrogens with zero attached hydrogens (tertiary/aromatic N) is 4. The van der Waals surface area contributed by atoms with Crippen LogP contribution < -0.4 is 15.2 Å². The number of aromatic nitrogens is 3. The highest BCUT2D eigenvalue weighted by Gasteiger charge is 2.48. The van der Waals surface area contributed by atoms with Crippen molar-refractivity contribution in [2.24, 2.45) is 5.73 Å². The topological polar surface area (TPSA) is 159 Å². The maximum atomic E-state index is 12.9. The van der Waals surface area contributed by atoms with E-state index >= 15 is 0 Å². The van der Waals surface area contributed by atoms with Crippen molar-refractivity contribution in [1.29, 1.82) is 0 Å². The molecule has 16 heteroatoms. The largest absolute Gasteiger partial charge is 0.534 e. The Balaban J connectivity index is 1.54. The van der Waals surface area contributed by atoms with E-state index in [1.54, 1.807) is 55.7 Å². The van der Waals surface area contributed by atoms with Gasteiger partial charge in [0.25, 0.3) is 0 Å². The molecule has 5 rings (SSSR count). The van der Waals surface area contributed by atoms with Crippen LogP contribution in [0.4, 0.5) is 23.8 Å². The van der Waals surface area contributed by atoms with Crippen LogP contribution in [0.25, 0.3) is 16.9 Å². The van der Waals surface area contributed by atoms with E-state index in [-0.39, 0.29) is 19.0 Å². The van der Waals surface area contributed by atoms with E-state index in [2.05, 4.69) is 9.50 Å². The molecule has 2 aromatic carbocycles. The van der Waals surface area contributed by atoms with Crippen molar-refractivity contribution >= 4 is 38.8 Å². The van der Waals surface area contributed by atoms with Crippen molar-refractivity contribution in [3.63, 3.8) is 0 Å². The molecule has 0 saturated heterocycles. The molecule has 244 valence electrons. The second-order valence-corrected chi connectivity index (χ2v) is 13.2. The summed E-state index contributed by atoms with van der Waals surface area (Å²) in [7, 11) is -5.86. The normalized spacial score (nSPS) is 13.8. The third-order valence-corrected chi connectivity index (χ3v) is 8.02. The molecule has 3 N–H and O–H groups in total. The molecule has 46 heavy (non-hydrogen) atoms. The minimum atomic E-state index is -5.86. The molecule has 0 atom stereocenters. The van der Waals surface area contributed by atoms with Gasteiger partial charge in [-0.05, 0) is 63.6 Å². The summed E-state index contributed by atoms with van der Waals surface area (Å²) in [6, 6.07) is 12.1. The zero-order valence-electron chi connectivity index (χ0n) is 25.3. The number of amides is 2. The van der Waals surface area contributed by atoms with Gasteiger partial charge in [0.05, 0.1) is 17.8 Å². The number of benzene rings is 2. The number of aryl methyl sites for hydroxylation is 1. The van der Waals surface area contributed by atoms with Crippen molar-refractivity contribution in [3.8, 4) is 11.7 Å². The molecule has 12 nitrogen and oxygen atoms in total. The van der Waals surface area contributed by atoms with Crippen molar-refractivity contribution in [2.75, 3.05) is 11.9 Å². The van der Waals surface area contributed by atoms with Crippen LogP contribution in [0.2, 0.25) is 0 Å². The van der Waals surface area contributed by atoms with Gasteiger partial charge in [-0.1, -0.05) is 18.2 Å². The van der Waals surface area contributed by atoms with Crippen LogP contribution in [0, 0.1) is 6.92 Å². The van der Waals surface area contributed by atoms with Crippen LogP contribution in [0.5, 0.6) is 5.75 Å². The fourth-order valence-corrected chi connectivity index (χ4v) is 5.49. The predicted octanol–water partition coefficient (Wildman–Crippen LogP) is 4.96. The number of anilines is 1. The van der Waals surface area contributed by atoms with E-state index in [9.17, 15) is 31.2 Å². The first-order chi connectivity index (χ1) is 21.4. The number of ether oxygens (including phenoxy) is 1. The summed E-state index contributed by atoms with van der Waals surface area (Å²) < 4.78 is 73.3. The van der Waals surface area contributed by atoms with Crippen LogP contribution in [0.1, 0.15) is 53.6 Å². The molecular formula is C30H31F3N6O6S. The molecule has 0 fully saturated rings. The van der Waals surface area contributed by atoms with E-state index < -0.39 is 39.0 Å². The predicted molar refractivity (Wildman–Crippen MR) is 162 cm³/mol. The lowest BCUT2D eigenvalue weighted by Crippen LogP contribution is -2.40. The van der Waals surface area contributed by atoms with E-state index in [0.717, 1.165) is 17.8 Å². The highest BCUT2D eigenvalue weighted by atomic mass is 32.2. The number of hydrogen-bond donors (Lipinski definition) is 2. The van der Waals surface area contributed by atoms with Gasteiger partial charge in [0.2, 0.25) is 11.9 Å². The van der Waals surface area contributed by atoms with Crippen LogP contribution in [0.3, 0.4) is 0 Å². The number of rotatable bonds is 7. The number of hydrogen-bond acceptors (Lipinski definition) is 9. The van der Waals surface area contributed by atoms with Crippen LogP contribution in [-0.4, -0.2) is 57.5 Å². The second kappa shape index (κ2) is 11.8. The van der Waals surface area contributed by atoms with Gasteiger partial charge in [-0.25, -0.2) is 9.78 Å². The van der Waals surface area contributed by atoms with E-state index in [1.807, 2.05) is 6.92 Å². The fourth-order valence-electron chi connectivity index (χ4n) is 5.04. The van der Waals surface area contributed by atoms with Gasteiger partial charge in [0.15, 0.2) is 0 Å². The first-order valence-electron chi connectivity index (χ1n) is 14.1. The first-order valence-corrected chi connectivity index (χ1v) is 15.5. The summed E-state index contributed by atoms with van der Waals surface area (Å²) in [6.45, 7) is 7.53. The molecule has 2 amide bonds. The van der Waals surface area contributed by atoms with Gasteiger partial charge in [0, 0.05) is 41.7 Å². The Labute approximate surface area is 262 Å². The van der Waals surface area contributed by atoms with Crippen molar-refractivity contribution < 1.29 is 40.1 Å². The van der Waals surface area contributed by atoms with E-state index in [1.165, 1.54) is 11.0 Å². The monoisotopic (exact) mass is 660 g/mol. The Hall–Kier alpha value is -4.86. The molecule has 0 bridgehead atoms. The molecule has 0 spiro atoms. The number of halogens is 3. The average Bonchev–Trinajstić information content (AvgIpc) is 3.29. The Morgan fingerprint density at radius 1 is 1.07 bits per heavy atom. The molecule has 1 aliphatic rings. The lowest BCUT2D eigenvalue weighted by molar-refractivity contribution is -0.0500. The SMILES string of the molecule is Cc1cc2c(C(N)=O)cccc2n1-c1nc2c(c(NCc3cccc(OS(=O)(=O)C(F)(F)F)c3)n1)CN(C(=O)OC(C)(C)C)CC2. The van der Waals surface area contributed by atoms with Crippen LogP contribution in [-0.2, 0) is 34.4 Å².